The number of nitrogens with zero attached hydrogens (tertiary/aromatic N) is 1. The van der Waals surface area contributed by atoms with E-state index in [4.69, 9.17) is 0 Å². The zero-order valence-electron chi connectivity index (χ0n) is 14.9. The van der Waals surface area contributed by atoms with Gasteiger partial charge in [0.15, 0.2) is 0 Å². The molecule has 2 heterocycles. The van der Waals surface area contributed by atoms with Crippen LogP contribution in [0.3, 0.4) is 0 Å². The minimum Gasteiger partial charge on any atom is -0.323 e. The van der Waals surface area contributed by atoms with E-state index in [1.807, 2.05) is 33.8 Å². The van der Waals surface area contributed by atoms with E-state index in [1.54, 1.807) is 0 Å². The molecular formula is C17H23N3O4S. The van der Waals surface area contributed by atoms with Gasteiger partial charge in [-0.2, -0.15) is 4.31 Å². The molecule has 3 amide bonds. The van der Waals surface area contributed by atoms with Gasteiger partial charge < -0.3 is 5.32 Å². The predicted molar refractivity (Wildman–Crippen MR) is 92.8 cm³/mol. The second kappa shape index (κ2) is 5.81. The Labute approximate surface area is 147 Å². The number of benzene rings is 1. The summed E-state index contributed by atoms with van der Waals surface area (Å²) in [6.45, 7) is 7.86. The highest BCUT2D eigenvalue weighted by Crippen LogP contribution is 2.33. The van der Waals surface area contributed by atoms with Crippen LogP contribution in [0.4, 0.5) is 4.79 Å². The Morgan fingerprint density at radius 3 is 1.96 bits per heavy atom. The molecule has 0 saturated carbocycles. The maximum Gasteiger partial charge on any atom is 0.322 e. The van der Waals surface area contributed by atoms with Crippen LogP contribution in [-0.4, -0.2) is 43.3 Å². The summed E-state index contributed by atoms with van der Waals surface area (Å²) >= 11 is 0. The van der Waals surface area contributed by atoms with Gasteiger partial charge >= 0.3 is 6.03 Å². The van der Waals surface area contributed by atoms with Gasteiger partial charge in [-0.05, 0) is 62.8 Å². The SMILES string of the molecule is Cc1cc(C)c(C)c(S(=O)(=O)N2CCC3(CC2)NC(=O)NC3=O)c1C. The normalized spacial score (nSPS) is 20.6. The quantitative estimate of drug-likeness (QED) is 0.772. The number of hydrogen-bond donors (Lipinski definition) is 2. The molecule has 1 aromatic carbocycles. The van der Waals surface area contributed by atoms with Gasteiger partial charge in [-0.3, -0.25) is 10.1 Å². The lowest BCUT2D eigenvalue weighted by Crippen LogP contribution is -2.55. The summed E-state index contributed by atoms with van der Waals surface area (Å²) in [6.07, 6.45) is 0.541. The maximum absolute atomic E-state index is 13.2. The molecule has 2 saturated heterocycles. The van der Waals surface area contributed by atoms with Crippen molar-refractivity contribution >= 4 is 22.0 Å². The van der Waals surface area contributed by atoms with Crippen molar-refractivity contribution in [2.45, 2.75) is 51.0 Å². The van der Waals surface area contributed by atoms with E-state index in [0.29, 0.717) is 4.90 Å². The third-order valence-corrected chi connectivity index (χ3v) is 7.66. The van der Waals surface area contributed by atoms with E-state index in [1.165, 1.54) is 4.31 Å². The Bertz CT molecular complexity index is 842. The maximum atomic E-state index is 13.2. The van der Waals surface area contributed by atoms with Crippen LogP contribution < -0.4 is 10.6 Å². The molecule has 25 heavy (non-hydrogen) atoms. The van der Waals surface area contributed by atoms with Gasteiger partial charge in [0.1, 0.15) is 5.54 Å². The number of carbonyl (C=O) groups is 2. The summed E-state index contributed by atoms with van der Waals surface area (Å²) in [5.41, 5.74) is 2.43. The minimum absolute atomic E-state index is 0.196. The number of imide groups is 1. The molecule has 0 radical (unpaired) electrons. The first-order valence-corrected chi connectivity index (χ1v) is 9.74. The standard InChI is InChI=1S/C17H23N3O4S/c1-10-9-11(2)13(4)14(12(10)3)25(23,24)20-7-5-17(6-8-20)15(21)18-16(22)19-17/h9H,5-8H2,1-4H3,(H2,18,19,21,22). The Hall–Kier alpha value is -1.93. The molecule has 2 aliphatic heterocycles. The third-order valence-electron chi connectivity index (χ3n) is 5.49. The zero-order chi connectivity index (χ0) is 18.6. The summed E-state index contributed by atoms with van der Waals surface area (Å²) in [4.78, 5) is 23.8. The van der Waals surface area contributed by atoms with Gasteiger partial charge in [-0.25, -0.2) is 13.2 Å². The molecule has 136 valence electrons. The van der Waals surface area contributed by atoms with Crippen molar-refractivity contribution in [2.24, 2.45) is 0 Å². The molecule has 7 nitrogen and oxygen atoms in total. The molecule has 2 fully saturated rings. The lowest BCUT2D eigenvalue weighted by atomic mass is 9.89. The lowest BCUT2D eigenvalue weighted by Gasteiger charge is -2.36. The fraction of sp³-hybridized carbons (Fsp3) is 0.529. The van der Waals surface area contributed by atoms with Gasteiger partial charge in [-0.1, -0.05) is 6.07 Å². The van der Waals surface area contributed by atoms with Crippen LogP contribution in [0.5, 0.6) is 0 Å². The minimum atomic E-state index is -3.66. The Balaban J connectivity index is 1.92. The van der Waals surface area contributed by atoms with Crippen LogP contribution >= 0.6 is 0 Å². The molecule has 1 aromatic rings. The molecule has 0 atom stereocenters. The number of hydrogen-bond acceptors (Lipinski definition) is 4. The van der Waals surface area contributed by atoms with Crippen LogP contribution in [0, 0.1) is 27.7 Å². The number of piperidine rings is 1. The van der Waals surface area contributed by atoms with Crippen molar-refractivity contribution < 1.29 is 18.0 Å². The summed E-state index contributed by atoms with van der Waals surface area (Å²) in [5.74, 6) is -0.367. The average molecular weight is 365 g/mol. The number of amides is 3. The van der Waals surface area contributed by atoms with Crippen molar-refractivity contribution in [3.63, 3.8) is 0 Å². The number of carbonyl (C=O) groups excluding carboxylic acids is 2. The predicted octanol–water partition coefficient (Wildman–Crippen LogP) is 1.28. The summed E-state index contributed by atoms with van der Waals surface area (Å²) < 4.78 is 27.9. The molecular weight excluding hydrogens is 342 g/mol. The van der Waals surface area contributed by atoms with Crippen LogP contribution in [0.15, 0.2) is 11.0 Å². The molecule has 0 unspecified atom stereocenters. The first kappa shape index (κ1) is 17.9. The first-order chi connectivity index (χ1) is 11.6. The monoisotopic (exact) mass is 365 g/mol. The Morgan fingerprint density at radius 1 is 1.00 bits per heavy atom. The first-order valence-electron chi connectivity index (χ1n) is 8.30. The average Bonchev–Trinajstić information content (AvgIpc) is 2.79. The van der Waals surface area contributed by atoms with Gasteiger partial charge in [0.05, 0.1) is 4.90 Å². The van der Waals surface area contributed by atoms with E-state index in [2.05, 4.69) is 10.6 Å². The lowest BCUT2D eigenvalue weighted by molar-refractivity contribution is -0.125. The number of nitrogens with one attached hydrogen (secondary N) is 2. The van der Waals surface area contributed by atoms with Crippen LogP contribution in [-0.2, 0) is 14.8 Å². The van der Waals surface area contributed by atoms with Gasteiger partial charge in [0, 0.05) is 13.1 Å². The highest BCUT2D eigenvalue weighted by atomic mass is 32.2. The molecule has 2 aliphatic rings. The van der Waals surface area contributed by atoms with E-state index >= 15 is 0 Å². The molecule has 1 spiro atoms. The number of urea groups is 1. The van der Waals surface area contributed by atoms with Crippen molar-refractivity contribution in [3.8, 4) is 0 Å². The molecule has 0 bridgehead atoms. The summed E-state index contributed by atoms with van der Waals surface area (Å²) in [5, 5.41) is 4.89. The highest BCUT2D eigenvalue weighted by molar-refractivity contribution is 7.89. The van der Waals surface area contributed by atoms with Gasteiger partial charge in [0.2, 0.25) is 10.0 Å². The van der Waals surface area contributed by atoms with Gasteiger partial charge in [0.25, 0.3) is 5.91 Å². The van der Waals surface area contributed by atoms with Crippen LogP contribution in [0.25, 0.3) is 0 Å². The van der Waals surface area contributed by atoms with Gasteiger partial charge in [-0.15, -0.1) is 0 Å². The third kappa shape index (κ3) is 2.73. The zero-order valence-corrected chi connectivity index (χ0v) is 15.7. The Kier molecular flexibility index (Phi) is 4.15. The molecule has 8 heteroatoms. The van der Waals surface area contributed by atoms with Crippen molar-refractivity contribution in [1.82, 2.24) is 14.9 Å². The van der Waals surface area contributed by atoms with Crippen molar-refractivity contribution in [2.75, 3.05) is 13.1 Å². The van der Waals surface area contributed by atoms with Crippen LogP contribution in [0.2, 0.25) is 0 Å². The summed E-state index contributed by atoms with van der Waals surface area (Å²) in [7, 11) is -3.66. The van der Waals surface area contributed by atoms with E-state index in [-0.39, 0.29) is 31.8 Å². The number of aryl methyl sites for hydroxylation is 2. The second-order valence-corrected chi connectivity index (χ2v) is 8.86. The highest BCUT2D eigenvalue weighted by Gasteiger charge is 2.49. The smallest absolute Gasteiger partial charge is 0.322 e. The fourth-order valence-corrected chi connectivity index (χ4v) is 5.70. The fourth-order valence-electron chi connectivity index (χ4n) is 3.69. The van der Waals surface area contributed by atoms with E-state index in [9.17, 15) is 18.0 Å². The topological polar surface area (TPSA) is 95.6 Å². The van der Waals surface area contributed by atoms with E-state index < -0.39 is 21.6 Å². The molecule has 0 aromatic heterocycles. The van der Waals surface area contributed by atoms with Crippen molar-refractivity contribution in [1.29, 1.82) is 0 Å². The summed E-state index contributed by atoms with van der Waals surface area (Å²) in [6, 6.07) is 1.48. The molecule has 2 N–H and O–H groups in total. The largest absolute Gasteiger partial charge is 0.323 e. The number of sulfonamides is 1. The van der Waals surface area contributed by atoms with Crippen molar-refractivity contribution in [3.05, 3.63) is 28.3 Å². The van der Waals surface area contributed by atoms with E-state index in [0.717, 1.165) is 22.3 Å². The molecule has 0 aliphatic carbocycles. The Morgan fingerprint density at radius 2 is 1.52 bits per heavy atom. The second-order valence-electron chi connectivity index (χ2n) is 6.98. The van der Waals surface area contributed by atoms with Crippen LogP contribution in [0.1, 0.15) is 35.1 Å². The molecule has 3 rings (SSSR count). The number of rotatable bonds is 2.